The monoisotopic (exact) mass is 225 g/mol. The van der Waals surface area contributed by atoms with Crippen LogP contribution in [0.5, 0.6) is 0 Å². The molecule has 86 valence electrons. The van der Waals surface area contributed by atoms with E-state index in [1.54, 1.807) is 6.92 Å². The first-order valence-electron chi connectivity index (χ1n) is 4.36. The standard InChI is InChI=1S/C9H11N3O4/c1-5-10-4-6(8(13)11-5)7(12-16-3)9(14)15-2/h4H,1-3H3,(H,10,11,13)/b12-7+. The van der Waals surface area contributed by atoms with E-state index in [4.69, 9.17) is 0 Å². The molecule has 16 heavy (non-hydrogen) atoms. The lowest BCUT2D eigenvalue weighted by Gasteiger charge is -2.02. The van der Waals surface area contributed by atoms with Crippen molar-refractivity contribution < 1.29 is 14.4 Å². The van der Waals surface area contributed by atoms with Crippen molar-refractivity contribution in [3.05, 3.63) is 27.9 Å². The maximum atomic E-state index is 11.5. The lowest BCUT2D eigenvalue weighted by molar-refractivity contribution is -0.132. The van der Waals surface area contributed by atoms with Crippen molar-refractivity contribution in [2.24, 2.45) is 5.16 Å². The molecule has 1 aromatic rings. The van der Waals surface area contributed by atoms with Crippen molar-refractivity contribution in [3.63, 3.8) is 0 Å². The molecule has 1 aromatic heterocycles. The Hall–Kier alpha value is -2.18. The molecule has 0 fully saturated rings. The number of aryl methyl sites for hydroxylation is 1. The summed E-state index contributed by atoms with van der Waals surface area (Å²) in [5.41, 5.74) is -0.702. The van der Waals surface area contributed by atoms with Crippen LogP contribution in [0.3, 0.4) is 0 Å². The number of H-pyrrole nitrogens is 1. The minimum Gasteiger partial charge on any atom is -0.464 e. The highest BCUT2D eigenvalue weighted by Gasteiger charge is 2.19. The number of methoxy groups -OCH3 is 1. The second-order valence-corrected chi connectivity index (χ2v) is 2.83. The Balaban J connectivity index is 3.28. The Labute approximate surface area is 91.1 Å². The third kappa shape index (κ3) is 2.44. The topological polar surface area (TPSA) is 93.6 Å². The highest BCUT2D eigenvalue weighted by molar-refractivity contribution is 6.42. The number of carbonyl (C=O) groups excluding carboxylic acids is 1. The molecule has 0 unspecified atom stereocenters. The summed E-state index contributed by atoms with van der Waals surface area (Å²) in [5.74, 6) is -0.326. The van der Waals surface area contributed by atoms with E-state index in [0.29, 0.717) is 5.82 Å². The third-order valence-electron chi connectivity index (χ3n) is 1.74. The smallest absolute Gasteiger partial charge is 0.361 e. The summed E-state index contributed by atoms with van der Waals surface area (Å²) in [6, 6.07) is 0. The van der Waals surface area contributed by atoms with E-state index >= 15 is 0 Å². The number of esters is 1. The van der Waals surface area contributed by atoms with E-state index in [1.807, 2.05) is 0 Å². The quantitative estimate of drug-likeness (QED) is 0.429. The average Bonchev–Trinajstić information content (AvgIpc) is 2.26. The molecule has 0 amide bonds. The number of carbonyl (C=O) groups is 1. The Morgan fingerprint density at radius 3 is 2.69 bits per heavy atom. The number of aromatic amines is 1. The first kappa shape index (κ1) is 11.9. The molecule has 0 aliphatic heterocycles. The minimum atomic E-state index is -0.766. The molecule has 0 radical (unpaired) electrons. The predicted octanol–water partition coefficient (Wildman–Crippen LogP) is -0.398. The van der Waals surface area contributed by atoms with E-state index < -0.39 is 11.5 Å². The highest BCUT2D eigenvalue weighted by Crippen LogP contribution is 1.96. The van der Waals surface area contributed by atoms with Crippen LogP contribution in [-0.4, -0.2) is 35.9 Å². The van der Waals surface area contributed by atoms with Crippen molar-refractivity contribution in [2.45, 2.75) is 6.92 Å². The number of aromatic nitrogens is 2. The van der Waals surface area contributed by atoms with E-state index in [9.17, 15) is 9.59 Å². The Kier molecular flexibility index (Phi) is 3.76. The van der Waals surface area contributed by atoms with Gasteiger partial charge in [-0.05, 0) is 6.92 Å². The van der Waals surface area contributed by atoms with E-state index in [0.717, 1.165) is 0 Å². The van der Waals surface area contributed by atoms with Crippen molar-refractivity contribution in [2.75, 3.05) is 14.2 Å². The molecule has 0 spiro atoms. The molecular formula is C9H11N3O4. The Morgan fingerprint density at radius 2 is 2.19 bits per heavy atom. The lowest BCUT2D eigenvalue weighted by atomic mass is 10.2. The molecule has 1 N–H and O–H groups in total. The molecule has 0 saturated carbocycles. The molecule has 0 atom stereocenters. The van der Waals surface area contributed by atoms with Crippen LogP contribution in [0.15, 0.2) is 16.1 Å². The SMILES string of the molecule is CO/N=C(/C(=O)OC)c1cnc(C)[nH]c1=O. The maximum Gasteiger partial charge on any atom is 0.361 e. The predicted molar refractivity (Wildman–Crippen MR) is 55.2 cm³/mol. The van der Waals surface area contributed by atoms with Crippen LogP contribution in [0.2, 0.25) is 0 Å². The summed E-state index contributed by atoms with van der Waals surface area (Å²) in [7, 11) is 2.45. The van der Waals surface area contributed by atoms with Crippen LogP contribution in [0.4, 0.5) is 0 Å². The zero-order valence-electron chi connectivity index (χ0n) is 9.10. The average molecular weight is 225 g/mol. The number of nitrogens with one attached hydrogen (secondary N) is 1. The van der Waals surface area contributed by atoms with Gasteiger partial charge in [-0.25, -0.2) is 9.78 Å². The molecule has 1 rings (SSSR count). The number of hydrogen-bond donors (Lipinski definition) is 1. The summed E-state index contributed by atoms with van der Waals surface area (Å²) in [4.78, 5) is 33.6. The third-order valence-corrected chi connectivity index (χ3v) is 1.74. The second-order valence-electron chi connectivity index (χ2n) is 2.83. The summed E-state index contributed by atoms with van der Waals surface area (Å²) >= 11 is 0. The summed E-state index contributed by atoms with van der Waals surface area (Å²) in [6.07, 6.45) is 1.24. The van der Waals surface area contributed by atoms with Gasteiger partial charge < -0.3 is 14.6 Å². The number of nitrogens with zero attached hydrogens (tertiary/aromatic N) is 2. The van der Waals surface area contributed by atoms with Gasteiger partial charge in [-0.15, -0.1) is 0 Å². The van der Waals surface area contributed by atoms with E-state index in [2.05, 4.69) is 24.7 Å². The van der Waals surface area contributed by atoms with Gasteiger partial charge in [0, 0.05) is 6.20 Å². The van der Waals surface area contributed by atoms with Crippen molar-refractivity contribution in [1.82, 2.24) is 9.97 Å². The fourth-order valence-electron chi connectivity index (χ4n) is 1.04. The summed E-state index contributed by atoms with van der Waals surface area (Å²) in [6.45, 7) is 1.62. The van der Waals surface area contributed by atoms with Crippen molar-refractivity contribution in [1.29, 1.82) is 0 Å². The largest absolute Gasteiger partial charge is 0.464 e. The van der Waals surface area contributed by atoms with Gasteiger partial charge in [0.1, 0.15) is 12.9 Å². The molecule has 7 nitrogen and oxygen atoms in total. The number of rotatable bonds is 3. The second kappa shape index (κ2) is 5.06. The fourth-order valence-corrected chi connectivity index (χ4v) is 1.04. The zero-order chi connectivity index (χ0) is 12.1. The molecule has 0 aliphatic rings. The van der Waals surface area contributed by atoms with Gasteiger partial charge in [0.05, 0.1) is 12.7 Å². The van der Waals surface area contributed by atoms with Crippen LogP contribution < -0.4 is 5.56 Å². The number of oxime groups is 1. The van der Waals surface area contributed by atoms with Crippen LogP contribution in [0.25, 0.3) is 0 Å². The van der Waals surface area contributed by atoms with E-state index in [-0.39, 0.29) is 11.3 Å². The fraction of sp³-hybridized carbons (Fsp3) is 0.333. The first-order chi connectivity index (χ1) is 7.60. The van der Waals surface area contributed by atoms with Crippen molar-refractivity contribution >= 4 is 11.7 Å². The van der Waals surface area contributed by atoms with Crippen LogP contribution in [0.1, 0.15) is 11.4 Å². The van der Waals surface area contributed by atoms with Gasteiger partial charge in [0.25, 0.3) is 5.56 Å². The summed E-state index contributed by atoms with van der Waals surface area (Å²) < 4.78 is 4.47. The Bertz CT molecular complexity index is 478. The van der Waals surface area contributed by atoms with Crippen LogP contribution in [-0.2, 0) is 14.4 Å². The van der Waals surface area contributed by atoms with Gasteiger partial charge >= 0.3 is 5.97 Å². The number of hydrogen-bond acceptors (Lipinski definition) is 6. The maximum absolute atomic E-state index is 11.5. The first-order valence-corrected chi connectivity index (χ1v) is 4.36. The zero-order valence-corrected chi connectivity index (χ0v) is 9.10. The molecule has 0 saturated heterocycles. The van der Waals surface area contributed by atoms with Crippen LogP contribution >= 0.6 is 0 Å². The molecule has 7 heteroatoms. The summed E-state index contributed by atoms with van der Waals surface area (Å²) in [5, 5.41) is 3.44. The highest BCUT2D eigenvalue weighted by atomic mass is 16.6. The van der Waals surface area contributed by atoms with Gasteiger partial charge in [0.15, 0.2) is 0 Å². The molecule has 0 aliphatic carbocycles. The van der Waals surface area contributed by atoms with Gasteiger partial charge in [-0.2, -0.15) is 0 Å². The van der Waals surface area contributed by atoms with Crippen molar-refractivity contribution in [3.8, 4) is 0 Å². The Morgan fingerprint density at radius 1 is 1.50 bits per heavy atom. The minimum absolute atomic E-state index is 0.000648. The number of ether oxygens (including phenoxy) is 1. The lowest BCUT2D eigenvalue weighted by Crippen LogP contribution is -2.26. The van der Waals surface area contributed by atoms with Gasteiger partial charge in [-0.1, -0.05) is 5.16 Å². The van der Waals surface area contributed by atoms with Gasteiger partial charge in [0.2, 0.25) is 5.71 Å². The molecule has 0 aromatic carbocycles. The van der Waals surface area contributed by atoms with E-state index in [1.165, 1.54) is 20.4 Å². The van der Waals surface area contributed by atoms with Gasteiger partial charge in [-0.3, -0.25) is 4.79 Å². The normalized spacial score (nSPS) is 11.1. The molecule has 0 bridgehead atoms. The molecular weight excluding hydrogens is 214 g/mol. The molecule has 1 heterocycles. The van der Waals surface area contributed by atoms with Crippen LogP contribution in [0, 0.1) is 6.92 Å².